The Kier molecular flexibility index (Phi) is 5.98. The first kappa shape index (κ1) is 17.3. The third kappa shape index (κ3) is 4.69. The number of primary amides is 1. The Bertz CT molecular complexity index is 559. The Balaban J connectivity index is 1.84. The molecule has 0 aliphatic carbocycles. The quantitative estimate of drug-likeness (QED) is 0.808. The van der Waals surface area contributed by atoms with Crippen LogP contribution in [-0.2, 0) is 4.79 Å². The predicted octanol–water partition coefficient (Wildman–Crippen LogP) is 0.680. The normalized spacial score (nSPS) is 18.4. The number of anilines is 1. The molecule has 1 heterocycles. The molecule has 2 rings (SSSR count). The number of benzene rings is 1. The second-order valence-corrected chi connectivity index (χ2v) is 6.21. The summed E-state index contributed by atoms with van der Waals surface area (Å²) in [7, 11) is 3.84. The van der Waals surface area contributed by atoms with E-state index in [1.165, 1.54) is 0 Å². The molecule has 126 valence electrons. The fraction of sp³-hybridized carbons (Fsp3) is 0.529. The van der Waals surface area contributed by atoms with E-state index in [0.29, 0.717) is 18.7 Å². The molecule has 1 aliphatic rings. The number of hydrogen-bond donors (Lipinski definition) is 2. The van der Waals surface area contributed by atoms with Crippen LogP contribution in [0.3, 0.4) is 0 Å². The molecule has 0 bridgehead atoms. The largest absolute Gasteiger partial charge is 0.377 e. The minimum absolute atomic E-state index is 0.0612. The van der Waals surface area contributed by atoms with E-state index >= 15 is 0 Å². The summed E-state index contributed by atoms with van der Waals surface area (Å²) in [6.45, 7) is 2.94. The Morgan fingerprint density at radius 3 is 2.78 bits per heavy atom. The van der Waals surface area contributed by atoms with Crippen LogP contribution in [0.1, 0.15) is 23.2 Å². The molecule has 1 aliphatic heterocycles. The van der Waals surface area contributed by atoms with Crippen LogP contribution >= 0.6 is 0 Å². The van der Waals surface area contributed by atoms with Crippen molar-refractivity contribution < 1.29 is 9.59 Å². The number of rotatable bonds is 6. The monoisotopic (exact) mass is 318 g/mol. The van der Waals surface area contributed by atoms with Gasteiger partial charge in [0.2, 0.25) is 5.91 Å². The van der Waals surface area contributed by atoms with E-state index < -0.39 is 0 Å². The number of amides is 2. The molecule has 0 unspecified atom stereocenters. The van der Waals surface area contributed by atoms with Crippen molar-refractivity contribution in [3.05, 3.63) is 29.8 Å². The van der Waals surface area contributed by atoms with Crippen LogP contribution in [0.25, 0.3) is 0 Å². The van der Waals surface area contributed by atoms with Crippen molar-refractivity contribution in [1.82, 2.24) is 10.2 Å². The van der Waals surface area contributed by atoms with E-state index in [9.17, 15) is 9.59 Å². The number of hydrogen-bond acceptors (Lipinski definition) is 4. The Labute approximate surface area is 137 Å². The maximum absolute atomic E-state index is 12.4. The summed E-state index contributed by atoms with van der Waals surface area (Å²) >= 11 is 0. The van der Waals surface area contributed by atoms with Gasteiger partial charge in [0.15, 0.2) is 0 Å². The molecule has 1 atom stereocenters. The first-order chi connectivity index (χ1) is 11.0. The Morgan fingerprint density at radius 2 is 2.09 bits per heavy atom. The lowest BCUT2D eigenvalue weighted by atomic mass is 9.97. The molecule has 0 spiro atoms. The number of piperidine rings is 1. The molecule has 1 saturated heterocycles. The van der Waals surface area contributed by atoms with Crippen LogP contribution < -0.4 is 16.0 Å². The van der Waals surface area contributed by atoms with Gasteiger partial charge in [-0.1, -0.05) is 12.1 Å². The molecule has 0 radical (unpaired) electrons. The summed E-state index contributed by atoms with van der Waals surface area (Å²) in [5.41, 5.74) is 6.96. The molecule has 6 nitrogen and oxygen atoms in total. The zero-order valence-electron chi connectivity index (χ0n) is 13.9. The van der Waals surface area contributed by atoms with Crippen molar-refractivity contribution in [2.75, 3.05) is 45.2 Å². The zero-order valence-corrected chi connectivity index (χ0v) is 13.9. The van der Waals surface area contributed by atoms with Crippen LogP contribution in [0.2, 0.25) is 0 Å². The molecule has 1 aromatic carbocycles. The first-order valence-electron chi connectivity index (χ1n) is 8.05. The topological polar surface area (TPSA) is 78.7 Å². The SMILES string of the molecule is CN(C)c1ccccc1C(=O)NCCN1CCC[C@H](C(N)=O)C1. The van der Waals surface area contributed by atoms with Crippen molar-refractivity contribution in [2.24, 2.45) is 11.7 Å². The minimum atomic E-state index is -0.223. The van der Waals surface area contributed by atoms with Crippen LogP contribution in [0.15, 0.2) is 24.3 Å². The summed E-state index contributed by atoms with van der Waals surface area (Å²) in [5, 5.41) is 2.96. The standard InChI is InChI=1S/C17H26N4O2/c1-20(2)15-8-4-3-7-14(15)17(23)19-9-11-21-10-5-6-13(12-21)16(18)22/h3-4,7-8,13H,5-6,9-12H2,1-2H3,(H2,18,22)(H,19,23)/t13-/m0/s1. The van der Waals surface area contributed by atoms with Gasteiger partial charge in [-0.15, -0.1) is 0 Å². The van der Waals surface area contributed by atoms with Gasteiger partial charge in [0.25, 0.3) is 5.91 Å². The number of nitrogens with two attached hydrogens (primary N) is 1. The minimum Gasteiger partial charge on any atom is -0.377 e. The van der Waals surface area contributed by atoms with Gasteiger partial charge in [-0.05, 0) is 31.5 Å². The van der Waals surface area contributed by atoms with E-state index in [4.69, 9.17) is 5.73 Å². The van der Waals surface area contributed by atoms with E-state index in [2.05, 4.69) is 10.2 Å². The van der Waals surface area contributed by atoms with E-state index in [0.717, 1.165) is 31.6 Å². The lowest BCUT2D eigenvalue weighted by Crippen LogP contribution is -2.44. The molecular weight excluding hydrogens is 292 g/mol. The summed E-state index contributed by atoms with van der Waals surface area (Å²) in [4.78, 5) is 27.8. The number of para-hydroxylation sites is 1. The van der Waals surface area contributed by atoms with Gasteiger partial charge in [-0.25, -0.2) is 0 Å². The highest BCUT2D eigenvalue weighted by molar-refractivity contribution is 5.99. The van der Waals surface area contributed by atoms with Gasteiger partial charge in [0.05, 0.1) is 11.5 Å². The van der Waals surface area contributed by atoms with Crippen LogP contribution in [0, 0.1) is 5.92 Å². The second kappa shape index (κ2) is 7.97. The van der Waals surface area contributed by atoms with Crippen molar-refractivity contribution in [1.29, 1.82) is 0 Å². The van der Waals surface area contributed by atoms with Crippen molar-refractivity contribution in [2.45, 2.75) is 12.8 Å². The molecule has 3 N–H and O–H groups in total. The van der Waals surface area contributed by atoms with Crippen LogP contribution in [0.5, 0.6) is 0 Å². The predicted molar refractivity (Wildman–Crippen MR) is 91.5 cm³/mol. The zero-order chi connectivity index (χ0) is 16.8. The fourth-order valence-corrected chi connectivity index (χ4v) is 2.97. The number of likely N-dealkylation sites (tertiary alicyclic amines) is 1. The van der Waals surface area contributed by atoms with Crippen molar-refractivity contribution in [3.63, 3.8) is 0 Å². The molecular formula is C17H26N4O2. The summed E-state index contributed by atoms with van der Waals surface area (Å²) in [6.07, 6.45) is 1.85. The van der Waals surface area contributed by atoms with E-state index in [-0.39, 0.29) is 17.7 Å². The molecule has 0 saturated carbocycles. The smallest absolute Gasteiger partial charge is 0.253 e. The van der Waals surface area contributed by atoms with Gasteiger partial charge in [0, 0.05) is 39.4 Å². The molecule has 23 heavy (non-hydrogen) atoms. The lowest BCUT2D eigenvalue weighted by molar-refractivity contribution is -0.123. The average molecular weight is 318 g/mol. The molecule has 0 aromatic heterocycles. The van der Waals surface area contributed by atoms with Gasteiger partial charge in [0.1, 0.15) is 0 Å². The highest BCUT2D eigenvalue weighted by atomic mass is 16.2. The number of carbonyl (C=O) groups is 2. The fourth-order valence-electron chi connectivity index (χ4n) is 2.97. The third-order valence-corrected chi connectivity index (χ3v) is 4.25. The number of carbonyl (C=O) groups excluding carboxylic acids is 2. The highest BCUT2D eigenvalue weighted by Gasteiger charge is 2.23. The van der Waals surface area contributed by atoms with E-state index in [1.807, 2.05) is 43.3 Å². The maximum atomic E-state index is 12.4. The van der Waals surface area contributed by atoms with E-state index in [1.54, 1.807) is 0 Å². The third-order valence-electron chi connectivity index (χ3n) is 4.25. The van der Waals surface area contributed by atoms with Crippen LogP contribution in [0.4, 0.5) is 5.69 Å². The first-order valence-corrected chi connectivity index (χ1v) is 8.05. The Hall–Kier alpha value is -2.08. The van der Waals surface area contributed by atoms with Gasteiger partial charge in [-0.3, -0.25) is 9.59 Å². The summed E-state index contributed by atoms with van der Waals surface area (Å²) < 4.78 is 0. The van der Waals surface area contributed by atoms with Crippen molar-refractivity contribution in [3.8, 4) is 0 Å². The summed E-state index contributed by atoms with van der Waals surface area (Å²) in [6, 6.07) is 7.54. The lowest BCUT2D eigenvalue weighted by Gasteiger charge is -2.31. The molecule has 1 fully saturated rings. The summed E-state index contributed by atoms with van der Waals surface area (Å²) in [5.74, 6) is -0.356. The Morgan fingerprint density at radius 1 is 1.35 bits per heavy atom. The second-order valence-electron chi connectivity index (χ2n) is 6.21. The van der Waals surface area contributed by atoms with Crippen molar-refractivity contribution >= 4 is 17.5 Å². The van der Waals surface area contributed by atoms with Gasteiger partial charge < -0.3 is 20.9 Å². The van der Waals surface area contributed by atoms with Gasteiger partial charge in [-0.2, -0.15) is 0 Å². The molecule has 1 aromatic rings. The van der Waals surface area contributed by atoms with Gasteiger partial charge >= 0.3 is 0 Å². The number of nitrogens with zero attached hydrogens (tertiary/aromatic N) is 2. The van der Waals surface area contributed by atoms with Crippen LogP contribution in [-0.4, -0.2) is 57.0 Å². The molecule has 6 heteroatoms. The molecule has 2 amide bonds. The highest BCUT2D eigenvalue weighted by Crippen LogP contribution is 2.18. The average Bonchev–Trinajstić information content (AvgIpc) is 2.55. The number of nitrogens with one attached hydrogen (secondary N) is 1. The maximum Gasteiger partial charge on any atom is 0.253 e.